The van der Waals surface area contributed by atoms with Gasteiger partial charge in [-0.3, -0.25) is 4.79 Å². The lowest BCUT2D eigenvalue weighted by molar-refractivity contribution is -0.665. The molecule has 3 heteroatoms. The van der Waals surface area contributed by atoms with Crippen molar-refractivity contribution in [2.45, 2.75) is 58.5 Å². The van der Waals surface area contributed by atoms with Gasteiger partial charge in [-0.2, -0.15) is 0 Å². The predicted octanol–water partition coefficient (Wildman–Crippen LogP) is 1.47. The quantitative estimate of drug-likeness (QED) is 0.724. The Morgan fingerprint density at radius 2 is 2.00 bits per heavy atom. The van der Waals surface area contributed by atoms with Crippen LogP contribution in [0.15, 0.2) is 0 Å². The van der Waals surface area contributed by atoms with E-state index in [1.165, 1.54) is 13.1 Å². The van der Waals surface area contributed by atoms with Crippen molar-refractivity contribution < 1.29 is 14.8 Å². The van der Waals surface area contributed by atoms with E-state index in [1.807, 2.05) is 0 Å². The second-order valence-electron chi connectivity index (χ2n) is 5.32. The van der Waals surface area contributed by atoms with Crippen molar-refractivity contribution in [3.8, 4) is 0 Å². The topological polar surface area (TPSA) is 42.9 Å². The smallest absolute Gasteiger partial charge is 0.306 e. The molecule has 3 nitrogen and oxygen atoms in total. The predicted molar refractivity (Wildman–Crippen MR) is 64.1 cm³/mol. The Labute approximate surface area is 98.9 Å². The van der Waals surface area contributed by atoms with Gasteiger partial charge in [-0.05, 0) is 20.3 Å². The minimum atomic E-state index is -0.279. The molecular weight excluding hydrogens is 202 g/mol. The summed E-state index contributed by atoms with van der Waals surface area (Å²) in [6, 6.07) is 0. The third-order valence-corrected chi connectivity index (χ3v) is 3.53. The van der Waals surface area contributed by atoms with E-state index in [0.717, 1.165) is 25.7 Å². The molecule has 0 saturated carbocycles. The fourth-order valence-electron chi connectivity index (χ4n) is 2.37. The van der Waals surface area contributed by atoms with Crippen LogP contribution >= 0.6 is 0 Å². The number of hydrogen-bond donors (Lipinski definition) is 1. The molecule has 0 spiro atoms. The van der Waals surface area contributed by atoms with Crippen LogP contribution in [0.4, 0.5) is 0 Å². The van der Waals surface area contributed by atoms with Crippen molar-refractivity contribution in [2.24, 2.45) is 5.92 Å². The summed E-state index contributed by atoms with van der Waals surface area (Å²) < 4.78 is 5.63. The van der Waals surface area contributed by atoms with Crippen molar-refractivity contribution in [1.29, 1.82) is 0 Å². The molecule has 0 aromatic rings. The first-order chi connectivity index (χ1) is 7.56. The number of hydrogen-bond acceptors (Lipinski definition) is 2. The number of piperidine rings is 1. The molecule has 94 valence electrons. The van der Waals surface area contributed by atoms with Crippen LogP contribution in [0, 0.1) is 5.92 Å². The van der Waals surface area contributed by atoms with E-state index in [1.54, 1.807) is 0 Å². The van der Waals surface area contributed by atoms with Gasteiger partial charge in [0.15, 0.2) is 0 Å². The minimum Gasteiger partial charge on any atom is -0.459 e. The summed E-state index contributed by atoms with van der Waals surface area (Å²) in [4.78, 5) is 11.6. The zero-order valence-electron chi connectivity index (χ0n) is 10.9. The van der Waals surface area contributed by atoms with Gasteiger partial charge in [-0.25, -0.2) is 0 Å². The molecule has 0 aromatic carbocycles. The summed E-state index contributed by atoms with van der Waals surface area (Å²) in [6.07, 6.45) is 4.88. The number of esters is 1. The van der Waals surface area contributed by atoms with E-state index in [0.29, 0.717) is 12.3 Å². The molecule has 1 fully saturated rings. The Morgan fingerprint density at radius 1 is 1.38 bits per heavy atom. The second kappa shape index (κ2) is 6.24. The van der Waals surface area contributed by atoms with Gasteiger partial charge in [-0.1, -0.05) is 13.3 Å². The molecule has 0 radical (unpaired) electrons. The number of rotatable bonds is 5. The number of quaternary nitrogens is 1. The zero-order valence-corrected chi connectivity index (χ0v) is 10.9. The summed E-state index contributed by atoms with van der Waals surface area (Å²) in [7, 11) is 0. The van der Waals surface area contributed by atoms with Crippen molar-refractivity contribution in [3.05, 3.63) is 0 Å². The lowest BCUT2D eigenvalue weighted by atomic mass is 9.83. The van der Waals surface area contributed by atoms with Gasteiger partial charge < -0.3 is 10.1 Å². The Bertz CT molecular complexity index is 220. The van der Waals surface area contributed by atoms with Crippen LogP contribution < -0.4 is 5.32 Å². The number of unbranched alkanes of at least 4 members (excludes halogenated alkanes) is 1. The first kappa shape index (κ1) is 13.5. The van der Waals surface area contributed by atoms with Crippen LogP contribution in [0.2, 0.25) is 0 Å². The first-order valence-electron chi connectivity index (χ1n) is 6.59. The molecule has 1 saturated heterocycles. The number of carbonyl (C=O) groups is 1. The zero-order chi connectivity index (χ0) is 12.0. The van der Waals surface area contributed by atoms with Gasteiger partial charge in [0.05, 0.1) is 13.1 Å². The maximum absolute atomic E-state index is 11.6. The molecule has 1 heterocycles. The standard InChI is InChI=1S/C13H25NO2/c1-4-5-6-12(15)16-13(2,3)11-7-9-14-10-8-11/h11,14H,4-10H2,1-3H3/p+1. The van der Waals surface area contributed by atoms with E-state index < -0.39 is 0 Å². The van der Waals surface area contributed by atoms with Gasteiger partial charge in [0.1, 0.15) is 5.60 Å². The van der Waals surface area contributed by atoms with Gasteiger partial charge >= 0.3 is 5.97 Å². The van der Waals surface area contributed by atoms with E-state index in [2.05, 4.69) is 26.1 Å². The monoisotopic (exact) mass is 228 g/mol. The van der Waals surface area contributed by atoms with Crippen LogP contribution in [-0.2, 0) is 9.53 Å². The Hall–Kier alpha value is -0.570. The normalized spacial score (nSPS) is 18.4. The number of ether oxygens (including phenoxy) is 1. The molecule has 2 N–H and O–H groups in total. The maximum Gasteiger partial charge on any atom is 0.306 e. The highest BCUT2D eigenvalue weighted by Gasteiger charge is 2.34. The molecular formula is C13H26NO2+. The van der Waals surface area contributed by atoms with Gasteiger partial charge in [-0.15, -0.1) is 0 Å². The van der Waals surface area contributed by atoms with E-state index in [-0.39, 0.29) is 11.6 Å². The molecule has 16 heavy (non-hydrogen) atoms. The van der Waals surface area contributed by atoms with Crippen LogP contribution in [0.3, 0.4) is 0 Å². The molecule has 1 aliphatic rings. The third kappa shape index (κ3) is 4.12. The van der Waals surface area contributed by atoms with Crippen LogP contribution in [0.25, 0.3) is 0 Å². The Kier molecular flexibility index (Phi) is 5.26. The van der Waals surface area contributed by atoms with Gasteiger partial charge in [0.2, 0.25) is 0 Å². The van der Waals surface area contributed by atoms with Crippen molar-refractivity contribution in [1.82, 2.24) is 0 Å². The molecule has 0 aromatic heterocycles. The Morgan fingerprint density at radius 3 is 2.56 bits per heavy atom. The molecule has 0 unspecified atom stereocenters. The van der Waals surface area contributed by atoms with Gasteiger partial charge in [0, 0.05) is 25.2 Å². The average molecular weight is 228 g/mol. The van der Waals surface area contributed by atoms with Crippen LogP contribution in [0.1, 0.15) is 52.9 Å². The largest absolute Gasteiger partial charge is 0.459 e. The van der Waals surface area contributed by atoms with E-state index in [9.17, 15) is 4.79 Å². The second-order valence-corrected chi connectivity index (χ2v) is 5.32. The van der Waals surface area contributed by atoms with Crippen molar-refractivity contribution in [3.63, 3.8) is 0 Å². The van der Waals surface area contributed by atoms with Crippen LogP contribution in [-0.4, -0.2) is 24.7 Å². The molecule has 0 bridgehead atoms. The lowest BCUT2D eigenvalue weighted by Crippen LogP contribution is -2.86. The summed E-state index contributed by atoms with van der Waals surface area (Å²) in [5.74, 6) is 0.504. The molecule has 1 rings (SSSR count). The SMILES string of the molecule is CCCCC(=O)OC(C)(C)C1CC[NH2+]CC1. The summed E-state index contributed by atoms with van der Waals surface area (Å²) in [5.41, 5.74) is -0.279. The van der Waals surface area contributed by atoms with Gasteiger partial charge in [0.25, 0.3) is 0 Å². The lowest BCUT2D eigenvalue weighted by Gasteiger charge is -2.35. The maximum atomic E-state index is 11.6. The Balaban J connectivity index is 2.39. The number of carbonyl (C=O) groups excluding carboxylic acids is 1. The summed E-state index contributed by atoms with van der Waals surface area (Å²) >= 11 is 0. The fourth-order valence-corrected chi connectivity index (χ4v) is 2.37. The summed E-state index contributed by atoms with van der Waals surface area (Å²) in [6.45, 7) is 8.55. The van der Waals surface area contributed by atoms with E-state index >= 15 is 0 Å². The fraction of sp³-hybridized carbons (Fsp3) is 0.923. The highest BCUT2D eigenvalue weighted by molar-refractivity contribution is 5.69. The van der Waals surface area contributed by atoms with E-state index in [4.69, 9.17) is 4.74 Å². The molecule has 0 aliphatic carbocycles. The third-order valence-electron chi connectivity index (χ3n) is 3.53. The minimum absolute atomic E-state index is 0.0265. The summed E-state index contributed by atoms with van der Waals surface area (Å²) in [5, 5.41) is 2.34. The molecule has 0 amide bonds. The van der Waals surface area contributed by atoms with Crippen molar-refractivity contribution in [2.75, 3.05) is 13.1 Å². The van der Waals surface area contributed by atoms with Crippen molar-refractivity contribution >= 4 is 5.97 Å². The van der Waals surface area contributed by atoms with Crippen LogP contribution in [0.5, 0.6) is 0 Å². The highest BCUT2D eigenvalue weighted by Crippen LogP contribution is 2.28. The first-order valence-corrected chi connectivity index (χ1v) is 6.59. The average Bonchev–Trinajstić information content (AvgIpc) is 2.27. The molecule has 0 atom stereocenters. The molecule has 1 aliphatic heterocycles. The highest BCUT2D eigenvalue weighted by atomic mass is 16.6. The number of nitrogens with two attached hydrogens (primary N) is 1.